The molecule has 0 aliphatic rings. The average molecular weight is 273 g/mol. The fourth-order valence-corrected chi connectivity index (χ4v) is 2.23. The van der Waals surface area contributed by atoms with Gasteiger partial charge in [0.05, 0.1) is 5.56 Å². The molecule has 0 amide bonds. The van der Waals surface area contributed by atoms with Gasteiger partial charge < -0.3 is 10.0 Å². The number of aromatic carboxylic acids is 1. The summed E-state index contributed by atoms with van der Waals surface area (Å²) in [5.41, 5.74) is 2.67. The quantitative estimate of drug-likeness (QED) is 0.927. The summed E-state index contributed by atoms with van der Waals surface area (Å²) in [6, 6.07) is 11.5. The second kappa shape index (κ2) is 5.74. The van der Waals surface area contributed by atoms with E-state index >= 15 is 0 Å². The maximum Gasteiger partial charge on any atom is 0.336 e. The number of para-hydroxylation sites is 1. The highest BCUT2D eigenvalue weighted by molar-refractivity contribution is 5.89. The smallest absolute Gasteiger partial charge is 0.336 e. The number of carboxylic acids is 1. The van der Waals surface area contributed by atoms with Crippen LogP contribution in [-0.4, -0.2) is 18.1 Å². The Balaban J connectivity index is 2.32. The Morgan fingerprint density at radius 1 is 1.25 bits per heavy atom. The Morgan fingerprint density at radius 3 is 2.60 bits per heavy atom. The molecule has 0 bridgehead atoms. The van der Waals surface area contributed by atoms with Crippen LogP contribution in [0.25, 0.3) is 0 Å². The van der Waals surface area contributed by atoms with Crippen LogP contribution in [0.3, 0.4) is 0 Å². The van der Waals surface area contributed by atoms with Crippen molar-refractivity contribution in [2.45, 2.75) is 13.5 Å². The first-order valence-electron chi connectivity index (χ1n) is 6.27. The van der Waals surface area contributed by atoms with Crippen LogP contribution < -0.4 is 4.90 Å². The largest absolute Gasteiger partial charge is 0.478 e. The molecule has 0 unspecified atom stereocenters. The van der Waals surface area contributed by atoms with Gasteiger partial charge in [-0.25, -0.2) is 9.18 Å². The van der Waals surface area contributed by atoms with Gasteiger partial charge in [-0.15, -0.1) is 0 Å². The first-order valence-corrected chi connectivity index (χ1v) is 6.27. The maximum atomic E-state index is 13.3. The summed E-state index contributed by atoms with van der Waals surface area (Å²) in [6.45, 7) is 2.32. The summed E-state index contributed by atoms with van der Waals surface area (Å²) in [5.74, 6) is -1.47. The molecule has 2 aromatic carbocycles. The molecular weight excluding hydrogens is 257 g/mol. The minimum Gasteiger partial charge on any atom is -0.478 e. The number of nitrogens with zero attached hydrogens (tertiary/aromatic N) is 1. The van der Waals surface area contributed by atoms with Crippen LogP contribution in [0.1, 0.15) is 21.5 Å². The number of aryl methyl sites for hydroxylation is 1. The first-order chi connectivity index (χ1) is 9.49. The highest BCUT2D eigenvalue weighted by atomic mass is 19.1. The fraction of sp³-hybridized carbons (Fsp3) is 0.188. The standard InChI is InChI=1S/C16H16FNO2/c1-11-5-3-4-6-15(11)18(2)10-12-9-13(17)7-8-14(12)16(19)20/h3-9H,10H2,1-2H3,(H,19,20). The Hall–Kier alpha value is -2.36. The van der Waals surface area contributed by atoms with Gasteiger partial charge in [-0.1, -0.05) is 18.2 Å². The van der Waals surface area contributed by atoms with Crippen molar-refractivity contribution >= 4 is 11.7 Å². The molecule has 0 aromatic heterocycles. The van der Waals surface area contributed by atoms with Crippen LogP contribution >= 0.6 is 0 Å². The first kappa shape index (κ1) is 14.1. The molecule has 0 saturated carbocycles. The molecular formula is C16H16FNO2. The van der Waals surface area contributed by atoms with Crippen molar-refractivity contribution < 1.29 is 14.3 Å². The highest BCUT2D eigenvalue weighted by Crippen LogP contribution is 2.21. The van der Waals surface area contributed by atoms with E-state index in [1.54, 1.807) is 0 Å². The van der Waals surface area contributed by atoms with Gasteiger partial charge in [-0.3, -0.25) is 0 Å². The van der Waals surface area contributed by atoms with Crippen molar-refractivity contribution in [3.05, 3.63) is 65.0 Å². The van der Waals surface area contributed by atoms with Crippen molar-refractivity contribution in [1.82, 2.24) is 0 Å². The Morgan fingerprint density at radius 2 is 1.95 bits per heavy atom. The Labute approximate surface area is 117 Å². The number of carbonyl (C=O) groups is 1. The third-order valence-electron chi connectivity index (χ3n) is 3.23. The lowest BCUT2D eigenvalue weighted by Gasteiger charge is -2.22. The van der Waals surface area contributed by atoms with Crippen LogP contribution in [0.5, 0.6) is 0 Å². The molecule has 0 fully saturated rings. The van der Waals surface area contributed by atoms with Gasteiger partial charge >= 0.3 is 5.97 Å². The number of carboxylic acid groups (broad SMARTS) is 1. The molecule has 0 aliphatic carbocycles. The lowest BCUT2D eigenvalue weighted by atomic mass is 10.1. The minimum atomic E-state index is -1.04. The maximum absolute atomic E-state index is 13.3. The molecule has 20 heavy (non-hydrogen) atoms. The Kier molecular flexibility index (Phi) is 4.03. The molecule has 104 valence electrons. The summed E-state index contributed by atoms with van der Waals surface area (Å²) in [4.78, 5) is 13.1. The van der Waals surface area contributed by atoms with Crippen LogP contribution in [-0.2, 0) is 6.54 Å². The molecule has 0 atom stereocenters. The zero-order valence-electron chi connectivity index (χ0n) is 11.4. The van der Waals surface area contributed by atoms with E-state index in [-0.39, 0.29) is 5.56 Å². The number of hydrogen-bond donors (Lipinski definition) is 1. The van der Waals surface area contributed by atoms with Crippen molar-refractivity contribution in [1.29, 1.82) is 0 Å². The van der Waals surface area contributed by atoms with Crippen molar-refractivity contribution in [2.75, 3.05) is 11.9 Å². The van der Waals surface area contributed by atoms with E-state index < -0.39 is 11.8 Å². The van der Waals surface area contributed by atoms with E-state index in [0.29, 0.717) is 12.1 Å². The van der Waals surface area contributed by atoms with E-state index in [0.717, 1.165) is 11.3 Å². The molecule has 0 radical (unpaired) electrons. The van der Waals surface area contributed by atoms with Gasteiger partial charge in [0.15, 0.2) is 0 Å². The summed E-state index contributed by atoms with van der Waals surface area (Å²) < 4.78 is 13.3. The molecule has 3 nitrogen and oxygen atoms in total. The second-order valence-electron chi connectivity index (χ2n) is 4.75. The van der Waals surface area contributed by atoms with Crippen LogP contribution in [0, 0.1) is 12.7 Å². The van der Waals surface area contributed by atoms with Gasteiger partial charge in [0, 0.05) is 19.3 Å². The van der Waals surface area contributed by atoms with Gasteiger partial charge in [-0.2, -0.15) is 0 Å². The average Bonchev–Trinajstić information content (AvgIpc) is 2.38. The highest BCUT2D eigenvalue weighted by Gasteiger charge is 2.13. The number of benzene rings is 2. The van der Waals surface area contributed by atoms with Crippen LogP contribution in [0.4, 0.5) is 10.1 Å². The molecule has 1 N–H and O–H groups in total. The third-order valence-corrected chi connectivity index (χ3v) is 3.23. The zero-order chi connectivity index (χ0) is 14.7. The monoisotopic (exact) mass is 273 g/mol. The molecule has 0 heterocycles. The normalized spacial score (nSPS) is 10.3. The van der Waals surface area contributed by atoms with Crippen molar-refractivity contribution in [3.63, 3.8) is 0 Å². The molecule has 4 heteroatoms. The van der Waals surface area contributed by atoms with E-state index in [9.17, 15) is 9.18 Å². The van der Waals surface area contributed by atoms with E-state index in [1.165, 1.54) is 18.2 Å². The summed E-state index contributed by atoms with van der Waals surface area (Å²) >= 11 is 0. The molecule has 2 rings (SSSR count). The van der Waals surface area contributed by atoms with Gasteiger partial charge in [-0.05, 0) is 42.3 Å². The second-order valence-corrected chi connectivity index (χ2v) is 4.75. The van der Waals surface area contributed by atoms with Gasteiger partial charge in [0.2, 0.25) is 0 Å². The lowest BCUT2D eigenvalue weighted by molar-refractivity contribution is 0.0695. The number of anilines is 1. The fourth-order valence-electron chi connectivity index (χ4n) is 2.23. The van der Waals surface area contributed by atoms with E-state index in [4.69, 9.17) is 5.11 Å². The predicted molar refractivity (Wildman–Crippen MR) is 76.6 cm³/mol. The molecule has 0 spiro atoms. The van der Waals surface area contributed by atoms with Crippen LogP contribution in [0.15, 0.2) is 42.5 Å². The zero-order valence-corrected chi connectivity index (χ0v) is 11.4. The predicted octanol–water partition coefficient (Wildman–Crippen LogP) is 3.47. The van der Waals surface area contributed by atoms with Crippen molar-refractivity contribution in [3.8, 4) is 0 Å². The molecule has 0 aliphatic heterocycles. The van der Waals surface area contributed by atoms with E-state index in [1.807, 2.05) is 43.1 Å². The third kappa shape index (κ3) is 2.96. The summed E-state index contributed by atoms with van der Waals surface area (Å²) in [7, 11) is 1.86. The topological polar surface area (TPSA) is 40.5 Å². The number of rotatable bonds is 4. The summed E-state index contributed by atoms with van der Waals surface area (Å²) in [5, 5.41) is 9.15. The lowest BCUT2D eigenvalue weighted by Crippen LogP contribution is -2.19. The molecule has 2 aromatic rings. The summed E-state index contributed by atoms with van der Waals surface area (Å²) in [6.07, 6.45) is 0. The number of halogens is 1. The van der Waals surface area contributed by atoms with Crippen molar-refractivity contribution in [2.24, 2.45) is 0 Å². The minimum absolute atomic E-state index is 0.131. The van der Waals surface area contributed by atoms with Gasteiger partial charge in [0.25, 0.3) is 0 Å². The van der Waals surface area contributed by atoms with E-state index in [2.05, 4.69) is 0 Å². The number of hydrogen-bond acceptors (Lipinski definition) is 2. The van der Waals surface area contributed by atoms with Gasteiger partial charge in [0.1, 0.15) is 5.82 Å². The van der Waals surface area contributed by atoms with Crippen LogP contribution in [0.2, 0.25) is 0 Å². The molecule has 0 saturated heterocycles. The Bertz CT molecular complexity index is 640. The SMILES string of the molecule is Cc1ccccc1N(C)Cc1cc(F)ccc1C(=O)O.